The Morgan fingerprint density at radius 2 is 1.59 bits per heavy atom. The van der Waals surface area contributed by atoms with Gasteiger partial charge in [0.2, 0.25) is 11.7 Å². The Hall–Kier alpha value is -3.96. The van der Waals surface area contributed by atoms with E-state index in [1.54, 1.807) is 6.92 Å². The van der Waals surface area contributed by atoms with Crippen LogP contribution in [0.15, 0.2) is 42.5 Å². The van der Waals surface area contributed by atoms with Gasteiger partial charge in [-0.05, 0) is 48.6 Å². The number of rotatable bonds is 7. The number of aromatic nitrogens is 3. The van der Waals surface area contributed by atoms with E-state index in [9.17, 15) is 19.8 Å². The zero-order valence-corrected chi connectivity index (χ0v) is 22.2. The highest BCUT2D eigenvalue weighted by Crippen LogP contribution is 2.33. The second-order valence-electron chi connectivity index (χ2n) is 10.4. The third-order valence-corrected chi connectivity index (χ3v) is 7.75. The normalized spacial score (nSPS) is 17.4. The minimum Gasteiger partial charge on any atom is -0.508 e. The zero-order chi connectivity index (χ0) is 27.5. The van der Waals surface area contributed by atoms with Crippen molar-refractivity contribution in [2.45, 2.75) is 26.3 Å². The van der Waals surface area contributed by atoms with Gasteiger partial charge in [0.1, 0.15) is 11.5 Å². The maximum absolute atomic E-state index is 12.1. The van der Waals surface area contributed by atoms with Gasteiger partial charge in [-0.25, -0.2) is 0 Å². The van der Waals surface area contributed by atoms with Crippen molar-refractivity contribution in [3.05, 3.63) is 53.9 Å². The Bertz CT molecular complexity index is 1320. The summed E-state index contributed by atoms with van der Waals surface area (Å²) in [5, 5.41) is 28.0. The first kappa shape index (κ1) is 26.6. The van der Waals surface area contributed by atoms with Crippen molar-refractivity contribution in [1.82, 2.24) is 29.5 Å². The minimum absolute atomic E-state index is 0.0479. The summed E-state index contributed by atoms with van der Waals surface area (Å²) in [4.78, 5) is 30.6. The summed E-state index contributed by atoms with van der Waals surface area (Å²) >= 11 is 0. The number of piperazine rings is 1. The fourth-order valence-electron chi connectivity index (χ4n) is 5.51. The molecule has 206 valence electrons. The lowest BCUT2D eigenvalue weighted by molar-refractivity contribution is -0.130. The summed E-state index contributed by atoms with van der Waals surface area (Å²) < 4.78 is 1.51. The molecule has 0 saturated carbocycles. The molecule has 1 aromatic heterocycles. The quantitative estimate of drug-likeness (QED) is 0.418. The Morgan fingerprint density at radius 3 is 2.21 bits per heavy atom. The molecule has 2 saturated heterocycles. The van der Waals surface area contributed by atoms with Crippen molar-refractivity contribution in [2.24, 2.45) is 11.7 Å². The lowest BCUT2D eigenvalue weighted by Gasteiger charge is -2.38. The van der Waals surface area contributed by atoms with Gasteiger partial charge in [-0.2, -0.15) is 0 Å². The monoisotopic (exact) mass is 533 g/mol. The maximum atomic E-state index is 12.1. The molecule has 2 aromatic carbocycles. The molecule has 5 rings (SSSR count). The molecule has 0 atom stereocenters. The smallest absolute Gasteiger partial charge is 0.287 e. The third kappa shape index (κ3) is 6.04. The second-order valence-corrected chi connectivity index (χ2v) is 10.4. The second kappa shape index (κ2) is 11.4. The summed E-state index contributed by atoms with van der Waals surface area (Å²) in [7, 11) is 0. The van der Waals surface area contributed by atoms with Crippen molar-refractivity contribution in [1.29, 1.82) is 0 Å². The first-order valence-corrected chi connectivity index (χ1v) is 13.4. The van der Waals surface area contributed by atoms with E-state index in [0.717, 1.165) is 70.8 Å². The van der Waals surface area contributed by atoms with Gasteiger partial charge in [0.25, 0.3) is 5.91 Å². The number of phenols is 2. The van der Waals surface area contributed by atoms with E-state index in [0.29, 0.717) is 17.2 Å². The average Bonchev–Trinajstić information content (AvgIpc) is 3.36. The molecular weight excluding hydrogens is 498 g/mol. The lowest BCUT2D eigenvalue weighted by Crippen LogP contribution is -2.48. The van der Waals surface area contributed by atoms with Crippen LogP contribution in [0, 0.1) is 5.92 Å². The predicted molar refractivity (Wildman–Crippen MR) is 145 cm³/mol. The zero-order valence-electron chi connectivity index (χ0n) is 22.2. The number of likely N-dealkylation sites (tertiary alicyclic amines) is 1. The lowest BCUT2D eigenvalue weighted by atomic mass is 9.96. The van der Waals surface area contributed by atoms with Gasteiger partial charge in [-0.3, -0.25) is 19.1 Å². The standard InChI is InChI=1S/C28H35N7O4/c1-19(36)34-10-8-21(9-11-34)18-33-14-12-32(13-15-33)17-20-2-4-22(5-3-20)35-27(30-31-28(35)26(29)39)24-7-6-23(37)16-25(24)38/h2-7,16,21,37-38H,8-15,17-18H2,1H3,(H2,29,39). The summed E-state index contributed by atoms with van der Waals surface area (Å²) in [6.45, 7) is 9.40. The highest BCUT2D eigenvalue weighted by Gasteiger charge is 2.25. The Morgan fingerprint density at radius 1 is 0.923 bits per heavy atom. The fourth-order valence-corrected chi connectivity index (χ4v) is 5.51. The molecule has 11 heteroatoms. The molecule has 2 aliphatic heterocycles. The molecular formula is C28H35N7O4. The number of piperidine rings is 1. The number of hydrogen-bond acceptors (Lipinski definition) is 8. The number of aromatic hydroxyl groups is 2. The van der Waals surface area contributed by atoms with E-state index in [1.807, 2.05) is 29.2 Å². The van der Waals surface area contributed by atoms with Crippen LogP contribution in [0.25, 0.3) is 17.1 Å². The summed E-state index contributed by atoms with van der Waals surface area (Å²) in [6.07, 6.45) is 2.17. The SMILES string of the molecule is CC(=O)N1CCC(CN2CCN(Cc3ccc(-n4c(C(N)=O)nnc4-c4ccc(O)cc4O)cc3)CC2)CC1. The largest absolute Gasteiger partial charge is 0.508 e. The van der Waals surface area contributed by atoms with Gasteiger partial charge in [-0.15, -0.1) is 10.2 Å². The summed E-state index contributed by atoms with van der Waals surface area (Å²) in [5.74, 6) is 0.0385. The third-order valence-electron chi connectivity index (χ3n) is 7.75. The molecule has 0 spiro atoms. The first-order valence-electron chi connectivity index (χ1n) is 13.4. The number of carbonyl (C=O) groups is 2. The molecule has 11 nitrogen and oxygen atoms in total. The number of benzene rings is 2. The molecule has 0 radical (unpaired) electrons. The number of hydrogen-bond donors (Lipinski definition) is 3. The van der Waals surface area contributed by atoms with Crippen LogP contribution in [0.3, 0.4) is 0 Å². The van der Waals surface area contributed by atoms with E-state index in [-0.39, 0.29) is 29.1 Å². The van der Waals surface area contributed by atoms with Crippen LogP contribution < -0.4 is 5.73 Å². The fraction of sp³-hybridized carbons (Fsp3) is 0.429. The van der Waals surface area contributed by atoms with E-state index < -0.39 is 5.91 Å². The van der Waals surface area contributed by atoms with Gasteiger partial charge in [0.15, 0.2) is 5.82 Å². The van der Waals surface area contributed by atoms with Gasteiger partial charge in [0, 0.05) is 71.0 Å². The minimum atomic E-state index is -0.738. The highest BCUT2D eigenvalue weighted by atomic mass is 16.3. The van der Waals surface area contributed by atoms with Crippen molar-refractivity contribution in [3.63, 3.8) is 0 Å². The van der Waals surface area contributed by atoms with E-state index in [1.165, 1.54) is 22.8 Å². The first-order chi connectivity index (χ1) is 18.8. The molecule has 2 fully saturated rings. The number of carbonyl (C=O) groups excluding carboxylic acids is 2. The molecule has 3 aromatic rings. The molecule has 2 aliphatic rings. The van der Waals surface area contributed by atoms with Crippen LogP contribution >= 0.6 is 0 Å². The van der Waals surface area contributed by atoms with Crippen LogP contribution in [-0.2, 0) is 11.3 Å². The van der Waals surface area contributed by atoms with Crippen LogP contribution in [0.4, 0.5) is 0 Å². The van der Waals surface area contributed by atoms with Crippen LogP contribution in [0.5, 0.6) is 11.5 Å². The summed E-state index contributed by atoms with van der Waals surface area (Å²) in [6, 6.07) is 11.9. The molecule has 39 heavy (non-hydrogen) atoms. The van der Waals surface area contributed by atoms with E-state index in [2.05, 4.69) is 20.0 Å². The number of phenolic OH excluding ortho intramolecular Hbond substituents is 2. The van der Waals surface area contributed by atoms with Gasteiger partial charge >= 0.3 is 0 Å². The van der Waals surface area contributed by atoms with Crippen LogP contribution in [-0.4, -0.2) is 97.3 Å². The molecule has 0 bridgehead atoms. The van der Waals surface area contributed by atoms with Crippen LogP contribution in [0.1, 0.15) is 35.9 Å². The Balaban J connectivity index is 1.21. The molecule has 4 N–H and O–H groups in total. The van der Waals surface area contributed by atoms with Crippen molar-refractivity contribution in [3.8, 4) is 28.6 Å². The number of amides is 2. The maximum Gasteiger partial charge on any atom is 0.287 e. The Labute approximate surface area is 227 Å². The number of primary amides is 1. The van der Waals surface area contributed by atoms with Gasteiger partial charge < -0.3 is 25.7 Å². The van der Waals surface area contributed by atoms with Gasteiger partial charge in [0.05, 0.1) is 5.56 Å². The molecule has 0 unspecified atom stereocenters. The van der Waals surface area contributed by atoms with Crippen molar-refractivity contribution in [2.75, 3.05) is 45.8 Å². The molecule has 2 amide bonds. The van der Waals surface area contributed by atoms with E-state index >= 15 is 0 Å². The average molecular weight is 534 g/mol. The highest BCUT2D eigenvalue weighted by molar-refractivity contribution is 5.90. The van der Waals surface area contributed by atoms with Gasteiger partial charge in [-0.1, -0.05) is 12.1 Å². The molecule has 3 heterocycles. The summed E-state index contributed by atoms with van der Waals surface area (Å²) in [5.41, 5.74) is 7.66. The van der Waals surface area contributed by atoms with Crippen LogP contribution in [0.2, 0.25) is 0 Å². The topological polar surface area (TPSA) is 141 Å². The van der Waals surface area contributed by atoms with Crippen molar-refractivity contribution >= 4 is 11.8 Å². The van der Waals surface area contributed by atoms with E-state index in [4.69, 9.17) is 5.73 Å². The molecule has 0 aliphatic carbocycles. The number of nitrogens with two attached hydrogens (primary N) is 1. The number of nitrogens with zero attached hydrogens (tertiary/aromatic N) is 6. The Kier molecular flexibility index (Phi) is 7.80. The predicted octanol–water partition coefficient (Wildman–Crippen LogP) is 1.82. The van der Waals surface area contributed by atoms with Crippen molar-refractivity contribution < 1.29 is 19.8 Å².